The van der Waals surface area contributed by atoms with Crippen molar-refractivity contribution in [2.45, 2.75) is 225 Å². The van der Waals surface area contributed by atoms with Crippen LogP contribution in [0.1, 0.15) is 213 Å². The van der Waals surface area contributed by atoms with E-state index in [9.17, 15) is 19.5 Å². The summed E-state index contributed by atoms with van der Waals surface area (Å²) >= 11 is 0. The van der Waals surface area contributed by atoms with Crippen LogP contribution < -0.4 is 0 Å². The number of carbonyl (C=O) groups excluding carboxylic acids is 2. The second kappa shape index (κ2) is 46.3. The molecule has 0 saturated carbocycles. The van der Waals surface area contributed by atoms with Gasteiger partial charge in [-0.05, 0) is 57.8 Å². The van der Waals surface area contributed by atoms with E-state index in [-0.39, 0.29) is 36.2 Å². The Morgan fingerprint density at radius 3 is 1.33 bits per heavy atom. The lowest BCUT2D eigenvalue weighted by atomic mass is 10.0. The Labute approximate surface area is 393 Å². The number of hydrogen-bond acceptors (Lipinski definition) is 6. The number of quaternary nitrogens is 1. The molecule has 0 spiro atoms. The number of nitrogens with zero attached hydrogens (tertiary/aromatic N) is 1. The summed E-state index contributed by atoms with van der Waals surface area (Å²) in [6.07, 6.45) is 59.5. The number of ether oxygens (including phenoxy) is 3. The highest BCUT2D eigenvalue weighted by Crippen LogP contribution is 2.15. The topological polar surface area (TPSA) is 99.1 Å². The van der Waals surface area contributed by atoms with Crippen molar-refractivity contribution >= 4 is 17.9 Å². The van der Waals surface area contributed by atoms with Crippen LogP contribution in [0.5, 0.6) is 0 Å². The van der Waals surface area contributed by atoms with E-state index in [2.05, 4.69) is 50.3 Å². The fourth-order valence-electron chi connectivity index (χ4n) is 7.41. The van der Waals surface area contributed by atoms with Crippen molar-refractivity contribution in [3.63, 3.8) is 0 Å². The van der Waals surface area contributed by atoms with E-state index >= 15 is 0 Å². The largest absolute Gasteiger partial charge is 0.477 e. The smallest absolute Gasteiger partial charge is 0.362 e. The van der Waals surface area contributed by atoms with Crippen LogP contribution in [0.15, 0.2) is 72.9 Å². The second-order valence-corrected chi connectivity index (χ2v) is 18.5. The predicted octanol–water partition coefficient (Wildman–Crippen LogP) is 15.1. The minimum Gasteiger partial charge on any atom is -0.477 e. The fourth-order valence-corrected chi connectivity index (χ4v) is 7.41. The first kappa shape index (κ1) is 60.8. The van der Waals surface area contributed by atoms with Crippen LogP contribution in [-0.4, -0.2) is 80.6 Å². The maximum atomic E-state index is 12.8. The molecule has 64 heavy (non-hydrogen) atoms. The monoisotopic (exact) mass is 897 g/mol. The average molecular weight is 897 g/mol. The first-order valence-electron chi connectivity index (χ1n) is 26.0. The highest BCUT2D eigenvalue weighted by molar-refractivity contribution is 5.72. The van der Waals surface area contributed by atoms with Gasteiger partial charge in [0.2, 0.25) is 0 Å². The van der Waals surface area contributed by atoms with E-state index in [1.165, 1.54) is 116 Å². The van der Waals surface area contributed by atoms with Crippen LogP contribution in [0.4, 0.5) is 0 Å². The molecule has 8 nitrogen and oxygen atoms in total. The SMILES string of the molecule is CCC/C=C/C=C/C=C/C=C/C=C/CCCCCCCC(=O)OCC(COCCC(C(=O)O)[N+](C)(C)C)OC(=O)CCCCCCCCC/C=C/CCCCCCCCCCCCC. The van der Waals surface area contributed by atoms with Crippen molar-refractivity contribution in [3.8, 4) is 0 Å². The van der Waals surface area contributed by atoms with Gasteiger partial charge in [0.15, 0.2) is 12.1 Å². The van der Waals surface area contributed by atoms with Gasteiger partial charge in [-0.15, -0.1) is 0 Å². The third kappa shape index (κ3) is 44.0. The summed E-state index contributed by atoms with van der Waals surface area (Å²) in [4.78, 5) is 37.2. The van der Waals surface area contributed by atoms with E-state index in [1.807, 2.05) is 57.6 Å². The zero-order valence-corrected chi connectivity index (χ0v) is 42.0. The Morgan fingerprint density at radius 2 is 0.875 bits per heavy atom. The van der Waals surface area contributed by atoms with Gasteiger partial charge in [0.1, 0.15) is 6.61 Å². The molecule has 0 heterocycles. The van der Waals surface area contributed by atoms with Gasteiger partial charge in [-0.2, -0.15) is 0 Å². The molecule has 0 rings (SSSR count). The molecule has 0 aromatic heterocycles. The summed E-state index contributed by atoms with van der Waals surface area (Å²) in [5.74, 6) is -1.51. The molecule has 0 amide bonds. The quantitative estimate of drug-likeness (QED) is 0.0214. The van der Waals surface area contributed by atoms with Gasteiger partial charge in [0, 0.05) is 19.3 Å². The Kier molecular flexibility index (Phi) is 44.0. The van der Waals surface area contributed by atoms with Crippen molar-refractivity contribution in [3.05, 3.63) is 72.9 Å². The first-order chi connectivity index (χ1) is 31.1. The molecule has 368 valence electrons. The predicted molar refractivity (Wildman–Crippen MR) is 270 cm³/mol. The molecule has 0 aliphatic rings. The standard InChI is InChI=1S/C56H97NO7/c1-6-8-10-12-14-16-18-20-22-24-26-27-28-29-31-33-35-37-39-41-43-45-47-55(59)64-52(50-62-49-48-53(56(60)61)57(3,4)5)51-63-54(58)46-44-42-40-38-36-34-32-30-25-23-21-19-17-15-13-11-9-7-2/h11,13,15,17,19,21,23,25,28-30,32,52-53H,6-10,12,14,16,18,20,22,24,26-27,31,33-51H2,1-5H3/p+1/b13-11+,17-15+,21-19+,25-23+,29-28+,32-30+. The van der Waals surface area contributed by atoms with E-state index in [0.717, 1.165) is 64.2 Å². The maximum Gasteiger partial charge on any atom is 0.362 e. The fraction of sp³-hybridized carbons (Fsp3) is 0.732. The maximum absolute atomic E-state index is 12.8. The van der Waals surface area contributed by atoms with Crippen molar-refractivity contribution in [1.29, 1.82) is 0 Å². The van der Waals surface area contributed by atoms with Crippen LogP contribution in [0.3, 0.4) is 0 Å². The van der Waals surface area contributed by atoms with Gasteiger partial charge < -0.3 is 23.8 Å². The van der Waals surface area contributed by atoms with Crippen molar-refractivity contribution in [1.82, 2.24) is 0 Å². The Bertz CT molecular complexity index is 1270. The van der Waals surface area contributed by atoms with Crippen molar-refractivity contribution < 1.29 is 38.2 Å². The van der Waals surface area contributed by atoms with E-state index in [4.69, 9.17) is 14.2 Å². The van der Waals surface area contributed by atoms with Crippen molar-refractivity contribution in [2.75, 3.05) is 41.0 Å². The van der Waals surface area contributed by atoms with Gasteiger partial charge in [-0.25, -0.2) is 4.79 Å². The third-order valence-electron chi connectivity index (χ3n) is 11.4. The third-order valence-corrected chi connectivity index (χ3v) is 11.4. The summed E-state index contributed by atoms with van der Waals surface area (Å²) in [6.45, 7) is 4.63. The first-order valence-corrected chi connectivity index (χ1v) is 26.0. The van der Waals surface area contributed by atoms with E-state index in [1.54, 1.807) is 0 Å². The number of carboxylic acid groups (broad SMARTS) is 1. The lowest BCUT2D eigenvalue weighted by molar-refractivity contribution is -0.887. The molecule has 2 unspecified atom stereocenters. The van der Waals surface area contributed by atoms with Crippen LogP contribution >= 0.6 is 0 Å². The number of aliphatic carboxylic acids is 1. The van der Waals surface area contributed by atoms with E-state index in [0.29, 0.717) is 19.3 Å². The minimum absolute atomic E-state index is 0.0480. The van der Waals surface area contributed by atoms with Gasteiger partial charge in [0.25, 0.3) is 0 Å². The molecule has 2 atom stereocenters. The summed E-state index contributed by atoms with van der Waals surface area (Å²) in [5.41, 5.74) is 0. The number of esters is 2. The van der Waals surface area contributed by atoms with Crippen LogP contribution in [0.25, 0.3) is 0 Å². The number of unbranched alkanes of at least 4 members (excludes halogenated alkanes) is 24. The summed E-state index contributed by atoms with van der Waals surface area (Å²) in [7, 11) is 5.52. The normalized spacial score (nSPS) is 13.5. The zero-order valence-electron chi connectivity index (χ0n) is 42.0. The highest BCUT2D eigenvalue weighted by Gasteiger charge is 2.31. The average Bonchev–Trinajstić information content (AvgIpc) is 3.26. The lowest BCUT2D eigenvalue weighted by Gasteiger charge is -2.31. The van der Waals surface area contributed by atoms with Gasteiger partial charge in [0.05, 0.1) is 34.4 Å². The van der Waals surface area contributed by atoms with E-state index < -0.39 is 18.1 Å². The molecule has 0 aliphatic heterocycles. The molecule has 0 aromatic rings. The number of carbonyl (C=O) groups is 3. The summed E-state index contributed by atoms with van der Waals surface area (Å²) in [5, 5.41) is 9.66. The minimum atomic E-state index is -0.881. The number of hydrogen-bond donors (Lipinski definition) is 1. The molecule has 0 radical (unpaired) electrons. The molecule has 0 aliphatic carbocycles. The van der Waals surface area contributed by atoms with Crippen molar-refractivity contribution in [2.24, 2.45) is 0 Å². The molecular weight excluding hydrogens is 799 g/mol. The molecular formula is C56H98NO7+. The Hall–Kier alpha value is -3.23. The van der Waals surface area contributed by atoms with Gasteiger partial charge in [-0.3, -0.25) is 9.59 Å². The molecule has 0 fully saturated rings. The highest BCUT2D eigenvalue weighted by atomic mass is 16.6. The van der Waals surface area contributed by atoms with Crippen LogP contribution in [0.2, 0.25) is 0 Å². The Balaban J connectivity index is 4.29. The van der Waals surface area contributed by atoms with Crippen LogP contribution in [-0.2, 0) is 28.6 Å². The second-order valence-electron chi connectivity index (χ2n) is 18.5. The number of carboxylic acids is 1. The molecule has 8 heteroatoms. The zero-order chi connectivity index (χ0) is 47.0. The molecule has 1 N–H and O–H groups in total. The van der Waals surface area contributed by atoms with Gasteiger partial charge in [-0.1, -0.05) is 209 Å². The van der Waals surface area contributed by atoms with Crippen LogP contribution in [0, 0.1) is 0 Å². The number of rotatable bonds is 46. The van der Waals surface area contributed by atoms with Gasteiger partial charge >= 0.3 is 17.9 Å². The molecule has 0 bridgehead atoms. The lowest BCUT2D eigenvalue weighted by Crippen LogP contribution is -2.50. The Morgan fingerprint density at radius 1 is 0.469 bits per heavy atom. The molecule has 0 saturated heterocycles. The summed E-state index contributed by atoms with van der Waals surface area (Å²) < 4.78 is 17.3. The summed E-state index contributed by atoms with van der Waals surface area (Å²) in [6, 6.07) is -0.624. The number of likely N-dealkylation sites (N-methyl/N-ethyl adjacent to an activating group) is 1. The molecule has 0 aromatic carbocycles. The number of allylic oxidation sites excluding steroid dienone is 12.